The molecule has 1 amide bonds. The number of ether oxygens (including phenoxy) is 1. The Kier molecular flexibility index (Phi) is 5.82. The predicted octanol–water partition coefficient (Wildman–Crippen LogP) is 2.71. The lowest BCUT2D eigenvalue weighted by Gasteiger charge is -2.15. The number of hydrogen-bond acceptors (Lipinski definition) is 4. The van der Waals surface area contributed by atoms with Gasteiger partial charge in [-0.05, 0) is 25.8 Å². The van der Waals surface area contributed by atoms with E-state index in [1.807, 2.05) is 6.92 Å². The second kappa shape index (κ2) is 7.61. The quantitative estimate of drug-likeness (QED) is 0.848. The van der Waals surface area contributed by atoms with Gasteiger partial charge in [-0.1, -0.05) is 18.5 Å². The molecule has 1 aromatic heterocycles. The van der Waals surface area contributed by atoms with Gasteiger partial charge in [0.05, 0.1) is 16.7 Å². The molecule has 0 bridgehead atoms. The number of hydrogen-bond donors (Lipinski definition) is 2. The molecule has 1 fully saturated rings. The minimum atomic E-state index is -0.166. The molecule has 0 saturated carbocycles. The lowest BCUT2D eigenvalue weighted by atomic mass is 10.0. The highest BCUT2D eigenvalue weighted by Crippen LogP contribution is 2.21. The minimum absolute atomic E-state index is 0.166. The number of nitrogens with zero attached hydrogens (tertiary/aromatic N) is 1. The van der Waals surface area contributed by atoms with Gasteiger partial charge < -0.3 is 15.4 Å². The van der Waals surface area contributed by atoms with Crippen LogP contribution in [0.5, 0.6) is 0 Å². The van der Waals surface area contributed by atoms with E-state index in [4.69, 9.17) is 16.3 Å². The molecule has 1 aliphatic rings. The maximum Gasteiger partial charge on any atom is 0.253 e. The van der Waals surface area contributed by atoms with Crippen LogP contribution < -0.4 is 10.6 Å². The van der Waals surface area contributed by atoms with Gasteiger partial charge in [0.15, 0.2) is 0 Å². The van der Waals surface area contributed by atoms with Gasteiger partial charge >= 0.3 is 0 Å². The third-order valence-electron chi connectivity index (χ3n) is 3.71. The van der Waals surface area contributed by atoms with Crippen molar-refractivity contribution in [1.29, 1.82) is 0 Å². The van der Waals surface area contributed by atoms with Crippen molar-refractivity contribution in [3.05, 3.63) is 22.8 Å². The second-order valence-electron chi connectivity index (χ2n) is 5.31. The first-order valence-electron chi connectivity index (χ1n) is 7.41. The normalized spacial score (nSPS) is 21.3. The maximum atomic E-state index is 12.3. The first-order chi connectivity index (χ1) is 10.1. The summed E-state index contributed by atoms with van der Waals surface area (Å²) in [5, 5.41) is 6.45. The summed E-state index contributed by atoms with van der Waals surface area (Å²) >= 11 is 6.07. The molecule has 0 spiro atoms. The van der Waals surface area contributed by atoms with Crippen molar-refractivity contribution < 1.29 is 9.53 Å². The molecule has 116 valence electrons. The van der Waals surface area contributed by atoms with Crippen LogP contribution in [0.4, 0.5) is 5.82 Å². The highest BCUT2D eigenvalue weighted by Gasteiger charge is 2.25. The highest BCUT2D eigenvalue weighted by molar-refractivity contribution is 6.33. The Morgan fingerprint density at radius 1 is 1.57 bits per heavy atom. The zero-order chi connectivity index (χ0) is 15.2. The van der Waals surface area contributed by atoms with Crippen molar-refractivity contribution in [2.24, 2.45) is 5.92 Å². The smallest absolute Gasteiger partial charge is 0.253 e. The molecule has 0 aromatic carbocycles. The molecule has 2 atom stereocenters. The Morgan fingerprint density at radius 3 is 3.05 bits per heavy atom. The standard InChI is InChI=1S/C15H22ClN3O2/c1-3-5-17-14-7-12(13(16)9-18-14)15(20)19-8-11-4-6-21-10(11)2/h7,9-11H,3-6,8H2,1-2H3,(H,17,18)(H,19,20). The van der Waals surface area contributed by atoms with Gasteiger partial charge in [-0.3, -0.25) is 4.79 Å². The van der Waals surface area contributed by atoms with E-state index >= 15 is 0 Å². The van der Waals surface area contributed by atoms with Gasteiger partial charge in [0, 0.05) is 31.8 Å². The molecule has 21 heavy (non-hydrogen) atoms. The van der Waals surface area contributed by atoms with Gasteiger partial charge in [0.25, 0.3) is 5.91 Å². The number of aromatic nitrogens is 1. The van der Waals surface area contributed by atoms with Crippen LogP contribution in [0.2, 0.25) is 5.02 Å². The summed E-state index contributed by atoms with van der Waals surface area (Å²) in [6.07, 6.45) is 3.68. The second-order valence-corrected chi connectivity index (χ2v) is 5.72. The topological polar surface area (TPSA) is 63.2 Å². The largest absolute Gasteiger partial charge is 0.378 e. The number of carbonyl (C=O) groups excluding carboxylic acids is 1. The molecule has 0 aliphatic carbocycles. The molecular formula is C15H22ClN3O2. The molecule has 1 aromatic rings. The fourth-order valence-electron chi connectivity index (χ4n) is 2.33. The number of carbonyl (C=O) groups is 1. The third-order valence-corrected chi connectivity index (χ3v) is 4.02. The van der Waals surface area contributed by atoms with E-state index in [0.717, 1.165) is 26.0 Å². The molecule has 2 N–H and O–H groups in total. The van der Waals surface area contributed by atoms with Crippen LogP contribution in [-0.2, 0) is 4.74 Å². The molecule has 2 heterocycles. The number of rotatable bonds is 6. The first-order valence-corrected chi connectivity index (χ1v) is 7.78. The van der Waals surface area contributed by atoms with E-state index in [-0.39, 0.29) is 12.0 Å². The predicted molar refractivity (Wildman–Crippen MR) is 83.9 cm³/mol. The number of nitrogens with one attached hydrogen (secondary N) is 2. The van der Waals surface area contributed by atoms with Crippen LogP contribution in [0.15, 0.2) is 12.3 Å². The first kappa shape index (κ1) is 16.0. The Morgan fingerprint density at radius 2 is 2.38 bits per heavy atom. The van der Waals surface area contributed by atoms with Crippen molar-refractivity contribution in [3.63, 3.8) is 0 Å². The molecule has 6 heteroatoms. The summed E-state index contributed by atoms with van der Waals surface area (Å²) < 4.78 is 5.49. The van der Waals surface area contributed by atoms with Gasteiger partial charge in [0.1, 0.15) is 5.82 Å². The van der Waals surface area contributed by atoms with Crippen LogP contribution in [-0.4, -0.2) is 36.7 Å². The highest BCUT2D eigenvalue weighted by atomic mass is 35.5. The van der Waals surface area contributed by atoms with Crippen molar-refractivity contribution in [2.45, 2.75) is 32.8 Å². The lowest BCUT2D eigenvalue weighted by molar-refractivity contribution is 0.0907. The molecule has 0 radical (unpaired) electrons. The Bertz CT molecular complexity index is 496. The molecular weight excluding hydrogens is 290 g/mol. The zero-order valence-corrected chi connectivity index (χ0v) is 13.2. The molecule has 2 rings (SSSR count). The van der Waals surface area contributed by atoms with Crippen molar-refractivity contribution in [2.75, 3.05) is 25.0 Å². The maximum absolute atomic E-state index is 12.3. The summed E-state index contributed by atoms with van der Waals surface area (Å²) in [6, 6.07) is 1.70. The molecule has 1 saturated heterocycles. The zero-order valence-electron chi connectivity index (χ0n) is 12.5. The molecule has 1 aliphatic heterocycles. The van der Waals surface area contributed by atoms with E-state index in [0.29, 0.717) is 28.9 Å². The van der Waals surface area contributed by atoms with Crippen molar-refractivity contribution in [1.82, 2.24) is 10.3 Å². The fourth-order valence-corrected chi connectivity index (χ4v) is 2.51. The van der Waals surface area contributed by atoms with E-state index in [9.17, 15) is 4.79 Å². The van der Waals surface area contributed by atoms with Crippen LogP contribution >= 0.6 is 11.6 Å². The minimum Gasteiger partial charge on any atom is -0.378 e. The monoisotopic (exact) mass is 311 g/mol. The van der Waals surface area contributed by atoms with Crippen LogP contribution in [0.3, 0.4) is 0 Å². The van der Waals surface area contributed by atoms with Gasteiger partial charge in [0.2, 0.25) is 0 Å². The number of amides is 1. The summed E-state index contributed by atoms with van der Waals surface area (Å²) in [4.78, 5) is 16.4. The lowest BCUT2D eigenvalue weighted by Crippen LogP contribution is -2.32. The van der Waals surface area contributed by atoms with Gasteiger partial charge in [-0.2, -0.15) is 0 Å². The fraction of sp³-hybridized carbons (Fsp3) is 0.600. The van der Waals surface area contributed by atoms with E-state index < -0.39 is 0 Å². The van der Waals surface area contributed by atoms with E-state index in [1.54, 1.807) is 6.07 Å². The summed E-state index contributed by atoms with van der Waals surface area (Å²) in [5.41, 5.74) is 0.455. The summed E-state index contributed by atoms with van der Waals surface area (Å²) in [6.45, 7) is 6.29. The third kappa shape index (κ3) is 4.32. The number of anilines is 1. The number of halogens is 1. The number of pyridine rings is 1. The molecule has 5 nitrogen and oxygen atoms in total. The summed E-state index contributed by atoms with van der Waals surface area (Å²) in [5.74, 6) is 0.872. The van der Waals surface area contributed by atoms with Crippen LogP contribution in [0.1, 0.15) is 37.0 Å². The van der Waals surface area contributed by atoms with Crippen molar-refractivity contribution >= 4 is 23.3 Å². The Hall–Kier alpha value is -1.33. The Balaban J connectivity index is 1.97. The average molecular weight is 312 g/mol. The van der Waals surface area contributed by atoms with Crippen molar-refractivity contribution in [3.8, 4) is 0 Å². The Labute approximate surface area is 130 Å². The SMILES string of the molecule is CCCNc1cc(C(=O)NCC2CCOC2C)c(Cl)cn1. The average Bonchev–Trinajstić information content (AvgIpc) is 2.89. The van der Waals surface area contributed by atoms with Crippen LogP contribution in [0.25, 0.3) is 0 Å². The molecule has 2 unspecified atom stereocenters. The van der Waals surface area contributed by atoms with Gasteiger partial charge in [-0.15, -0.1) is 0 Å². The van der Waals surface area contributed by atoms with Crippen LogP contribution in [0, 0.1) is 5.92 Å². The van der Waals surface area contributed by atoms with E-state index in [1.165, 1.54) is 6.20 Å². The summed E-state index contributed by atoms with van der Waals surface area (Å²) in [7, 11) is 0. The van der Waals surface area contributed by atoms with E-state index in [2.05, 4.69) is 22.5 Å². The van der Waals surface area contributed by atoms with Gasteiger partial charge in [-0.25, -0.2) is 4.98 Å².